The predicted molar refractivity (Wildman–Crippen MR) is 79.4 cm³/mol. The van der Waals surface area contributed by atoms with Gasteiger partial charge in [0.05, 0.1) is 28.1 Å². The molecule has 0 unspecified atom stereocenters. The largest absolute Gasteiger partial charge is 0.293 e. The van der Waals surface area contributed by atoms with Crippen LogP contribution in [0.3, 0.4) is 0 Å². The Labute approximate surface area is 123 Å². The smallest absolute Gasteiger partial charge is 0.261 e. The Morgan fingerprint density at radius 2 is 2.05 bits per heavy atom. The summed E-state index contributed by atoms with van der Waals surface area (Å²) in [7, 11) is 0. The summed E-state index contributed by atoms with van der Waals surface area (Å²) in [4.78, 5) is 17.6. The third-order valence-electron chi connectivity index (χ3n) is 2.74. The van der Waals surface area contributed by atoms with Crippen molar-refractivity contribution in [3.05, 3.63) is 61.2 Å². The van der Waals surface area contributed by atoms with Gasteiger partial charge < -0.3 is 0 Å². The van der Waals surface area contributed by atoms with Gasteiger partial charge in [-0.25, -0.2) is 4.98 Å². The summed E-state index contributed by atoms with van der Waals surface area (Å²) in [5.41, 5.74) is 0.548. The molecule has 0 radical (unpaired) electrons. The van der Waals surface area contributed by atoms with Gasteiger partial charge in [0.15, 0.2) is 0 Å². The topological polar surface area (TPSA) is 34.9 Å². The molecule has 96 valence electrons. The van der Waals surface area contributed by atoms with Gasteiger partial charge in [-0.3, -0.25) is 9.36 Å². The molecular weight excluding hydrogens is 303 g/mol. The summed E-state index contributed by atoms with van der Waals surface area (Å²) in [6, 6.07) is 8.83. The quantitative estimate of drug-likeness (QED) is 0.721. The molecule has 0 bridgehead atoms. The Hall–Kier alpha value is -1.36. The van der Waals surface area contributed by atoms with Crippen molar-refractivity contribution in [2.75, 3.05) is 0 Å². The molecule has 19 heavy (non-hydrogen) atoms. The van der Waals surface area contributed by atoms with Crippen LogP contribution in [0.25, 0.3) is 10.9 Å². The highest BCUT2D eigenvalue weighted by atomic mass is 35.5. The zero-order valence-electron chi connectivity index (χ0n) is 9.64. The van der Waals surface area contributed by atoms with Crippen LogP contribution in [0.1, 0.15) is 4.88 Å². The van der Waals surface area contributed by atoms with E-state index < -0.39 is 0 Å². The number of fused-ring (bicyclic) bond motifs is 1. The lowest BCUT2D eigenvalue weighted by atomic mass is 10.2. The van der Waals surface area contributed by atoms with Gasteiger partial charge in [0.2, 0.25) is 0 Å². The molecule has 0 saturated heterocycles. The van der Waals surface area contributed by atoms with Gasteiger partial charge in [-0.05, 0) is 30.3 Å². The van der Waals surface area contributed by atoms with Crippen molar-refractivity contribution < 1.29 is 0 Å². The van der Waals surface area contributed by atoms with Crippen molar-refractivity contribution in [3.63, 3.8) is 0 Å². The fourth-order valence-corrected chi connectivity index (χ4v) is 3.11. The van der Waals surface area contributed by atoms with E-state index in [1.807, 2.05) is 12.1 Å². The van der Waals surface area contributed by atoms with Crippen LogP contribution in [0.4, 0.5) is 0 Å². The van der Waals surface area contributed by atoms with E-state index in [-0.39, 0.29) is 5.56 Å². The zero-order chi connectivity index (χ0) is 13.4. The summed E-state index contributed by atoms with van der Waals surface area (Å²) in [5, 5.41) is 1.06. The predicted octanol–water partition coefficient (Wildman–Crippen LogP) is 3.81. The van der Waals surface area contributed by atoms with Gasteiger partial charge in [-0.2, -0.15) is 0 Å². The molecule has 0 saturated carbocycles. The molecule has 0 N–H and O–H groups in total. The van der Waals surface area contributed by atoms with E-state index in [4.69, 9.17) is 23.2 Å². The Balaban J connectivity index is 2.09. The maximum Gasteiger partial charge on any atom is 0.261 e. The van der Waals surface area contributed by atoms with Gasteiger partial charge in [0.25, 0.3) is 5.56 Å². The average Bonchev–Trinajstić information content (AvgIpc) is 2.79. The van der Waals surface area contributed by atoms with Crippen LogP contribution in [0, 0.1) is 0 Å². The lowest BCUT2D eigenvalue weighted by Gasteiger charge is -2.05. The Bertz CT molecular complexity index is 810. The third-order valence-corrected chi connectivity index (χ3v) is 4.19. The van der Waals surface area contributed by atoms with Crippen LogP contribution in [0.15, 0.2) is 41.5 Å². The second kappa shape index (κ2) is 4.96. The molecule has 0 aliphatic heterocycles. The van der Waals surface area contributed by atoms with Crippen molar-refractivity contribution in [2.24, 2.45) is 0 Å². The normalized spacial score (nSPS) is 11.1. The highest BCUT2D eigenvalue weighted by molar-refractivity contribution is 7.16. The standard InChI is InChI=1S/C13H8Cl2N2OS/c14-8-1-3-11-10(5-8)13(18)17(7-16-11)6-9-2-4-12(15)19-9/h1-5,7H,6H2. The molecule has 0 spiro atoms. The first-order valence-electron chi connectivity index (χ1n) is 5.52. The number of hydrogen-bond acceptors (Lipinski definition) is 3. The molecule has 0 aliphatic carbocycles. The van der Waals surface area contributed by atoms with Gasteiger partial charge in [0, 0.05) is 9.90 Å². The molecular formula is C13H8Cl2N2OS. The first kappa shape index (κ1) is 12.7. The van der Waals surface area contributed by atoms with E-state index in [1.165, 1.54) is 11.3 Å². The molecule has 0 amide bonds. The monoisotopic (exact) mass is 310 g/mol. The van der Waals surface area contributed by atoms with Crippen LogP contribution >= 0.6 is 34.5 Å². The summed E-state index contributed by atoms with van der Waals surface area (Å²) < 4.78 is 2.26. The van der Waals surface area contributed by atoms with Crippen molar-refractivity contribution in [2.45, 2.75) is 6.54 Å². The van der Waals surface area contributed by atoms with Crippen LogP contribution < -0.4 is 5.56 Å². The maximum atomic E-state index is 12.3. The van der Waals surface area contributed by atoms with Crippen molar-refractivity contribution in [1.29, 1.82) is 0 Å². The molecule has 0 atom stereocenters. The summed E-state index contributed by atoms with van der Waals surface area (Å²) in [6.07, 6.45) is 1.55. The molecule has 1 aromatic carbocycles. The maximum absolute atomic E-state index is 12.3. The zero-order valence-corrected chi connectivity index (χ0v) is 12.0. The van der Waals surface area contributed by atoms with E-state index >= 15 is 0 Å². The average molecular weight is 311 g/mol. The molecule has 6 heteroatoms. The summed E-state index contributed by atoms with van der Waals surface area (Å²) in [6.45, 7) is 0.464. The van der Waals surface area contributed by atoms with Gasteiger partial charge in [0.1, 0.15) is 0 Å². The number of thiophene rings is 1. The minimum Gasteiger partial charge on any atom is -0.293 e. The highest BCUT2D eigenvalue weighted by Crippen LogP contribution is 2.22. The molecule has 0 aliphatic rings. The van der Waals surface area contributed by atoms with Crippen LogP contribution in [-0.4, -0.2) is 9.55 Å². The molecule has 2 aromatic heterocycles. The Morgan fingerprint density at radius 1 is 1.21 bits per heavy atom. The Kier molecular flexibility index (Phi) is 3.31. The van der Waals surface area contributed by atoms with E-state index in [9.17, 15) is 4.79 Å². The summed E-state index contributed by atoms with van der Waals surface area (Å²) >= 11 is 13.2. The van der Waals surface area contributed by atoms with Crippen molar-refractivity contribution >= 4 is 45.4 Å². The SMILES string of the molecule is O=c1c2cc(Cl)ccc2ncn1Cc1ccc(Cl)s1. The second-order valence-corrected chi connectivity index (χ2v) is 6.28. The third kappa shape index (κ3) is 2.52. The lowest BCUT2D eigenvalue weighted by Crippen LogP contribution is -2.20. The first-order valence-corrected chi connectivity index (χ1v) is 7.09. The van der Waals surface area contributed by atoms with Crippen LogP contribution in [0.2, 0.25) is 9.36 Å². The van der Waals surface area contributed by atoms with Crippen molar-refractivity contribution in [1.82, 2.24) is 9.55 Å². The number of hydrogen-bond donors (Lipinski definition) is 0. The van der Waals surface area contributed by atoms with E-state index in [2.05, 4.69) is 4.98 Å². The Morgan fingerprint density at radius 3 is 2.79 bits per heavy atom. The first-order chi connectivity index (χ1) is 9.13. The van der Waals surface area contributed by atoms with Crippen molar-refractivity contribution in [3.8, 4) is 0 Å². The highest BCUT2D eigenvalue weighted by Gasteiger charge is 2.06. The van der Waals surface area contributed by atoms with E-state index in [0.29, 0.717) is 26.8 Å². The number of aromatic nitrogens is 2. The van der Waals surface area contributed by atoms with Gasteiger partial charge >= 0.3 is 0 Å². The molecule has 3 aromatic rings. The van der Waals surface area contributed by atoms with Crippen LogP contribution in [-0.2, 0) is 6.54 Å². The molecule has 3 rings (SSSR count). The number of nitrogens with zero attached hydrogens (tertiary/aromatic N) is 2. The molecule has 3 nitrogen and oxygen atoms in total. The fourth-order valence-electron chi connectivity index (χ4n) is 1.85. The minimum atomic E-state index is -0.1000. The number of benzene rings is 1. The van der Waals surface area contributed by atoms with E-state index in [0.717, 1.165) is 4.88 Å². The van der Waals surface area contributed by atoms with Crippen LogP contribution in [0.5, 0.6) is 0 Å². The minimum absolute atomic E-state index is 0.1000. The summed E-state index contributed by atoms with van der Waals surface area (Å²) in [5.74, 6) is 0. The number of halogens is 2. The van der Waals surface area contributed by atoms with Gasteiger partial charge in [-0.1, -0.05) is 23.2 Å². The number of rotatable bonds is 2. The molecule has 0 fully saturated rings. The molecule has 2 heterocycles. The van der Waals surface area contributed by atoms with Gasteiger partial charge in [-0.15, -0.1) is 11.3 Å². The van der Waals surface area contributed by atoms with E-state index in [1.54, 1.807) is 29.1 Å². The second-order valence-electron chi connectivity index (χ2n) is 4.04. The fraction of sp³-hybridized carbons (Fsp3) is 0.0769. The lowest BCUT2D eigenvalue weighted by molar-refractivity contribution is 0.758.